The van der Waals surface area contributed by atoms with Gasteiger partial charge < -0.3 is 10.5 Å². The Kier molecular flexibility index (Phi) is 6.07. The molecular weight excluding hydrogens is 272 g/mol. The zero-order chi connectivity index (χ0) is 15.8. The molecule has 0 atom stereocenters. The number of aromatic nitrogens is 1. The van der Waals surface area contributed by atoms with E-state index in [1.807, 2.05) is 30.3 Å². The monoisotopic (exact) mass is 294 g/mol. The van der Waals surface area contributed by atoms with E-state index < -0.39 is 0 Å². The number of benzene rings is 1. The first kappa shape index (κ1) is 16.1. The number of hydrogen-bond acceptors (Lipinski definition) is 3. The van der Waals surface area contributed by atoms with E-state index in [1.165, 1.54) is 11.1 Å². The van der Waals surface area contributed by atoms with Crippen molar-refractivity contribution < 1.29 is 4.74 Å². The average Bonchev–Trinajstić information content (AvgIpc) is 2.59. The molecule has 0 fully saturated rings. The maximum absolute atomic E-state index is 5.99. The van der Waals surface area contributed by atoms with Gasteiger partial charge in [-0.25, -0.2) is 0 Å². The molecule has 1 aromatic heterocycles. The van der Waals surface area contributed by atoms with Gasteiger partial charge >= 0.3 is 0 Å². The first-order valence-electron chi connectivity index (χ1n) is 7.31. The summed E-state index contributed by atoms with van der Waals surface area (Å²) in [5, 5.41) is 0. The smallest absolute Gasteiger partial charge is 0.0719 e. The van der Waals surface area contributed by atoms with Crippen LogP contribution in [0.15, 0.2) is 66.0 Å². The normalized spacial score (nSPS) is 13.0. The van der Waals surface area contributed by atoms with Crippen LogP contribution in [0, 0.1) is 0 Å². The Morgan fingerprint density at radius 1 is 1.14 bits per heavy atom. The summed E-state index contributed by atoms with van der Waals surface area (Å²) < 4.78 is 5.40. The molecule has 0 aliphatic carbocycles. The van der Waals surface area contributed by atoms with Gasteiger partial charge in [-0.1, -0.05) is 30.3 Å². The molecule has 3 nitrogen and oxygen atoms in total. The molecule has 0 radical (unpaired) electrons. The fourth-order valence-electron chi connectivity index (χ4n) is 2.38. The van der Waals surface area contributed by atoms with Gasteiger partial charge in [0.15, 0.2) is 0 Å². The third kappa shape index (κ3) is 4.13. The van der Waals surface area contributed by atoms with E-state index >= 15 is 0 Å². The zero-order valence-corrected chi connectivity index (χ0v) is 13.1. The highest BCUT2D eigenvalue weighted by Gasteiger charge is 2.10. The lowest BCUT2D eigenvalue weighted by atomic mass is 9.95. The van der Waals surface area contributed by atoms with Gasteiger partial charge in [0.1, 0.15) is 0 Å². The van der Waals surface area contributed by atoms with E-state index in [9.17, 15) is 0 Å². The standard InChI is InChI=1S/C19H22N2O/c1-15(17-6-4-3-5-7-17)19(14-22-2)18(13-20)12-16-8-10-21-11-9-16/h3-12H,13-14,20H2,1-2H3/b18-12-,19-15+. The molecule has 0 spiro atoms. The summed E-state index contributed by atoms with van der Waals surface area (Å²) in [7, 11) is 1.71. The maximum Gasteiger partial charge on any atom is 0.0719 e. The molecule has 3 heteroatoms. The molecule has 22 heavy (non-hydrogen) atoms. The molecule has 0 bridgehead atoms. The van der Waals surface area contributed by atoms with Crippen molar-refractivity contribution in [3.8, 4) is 0 Å². The number of nitrogens with zero attached hydrogens (tertiary/aromatic N) is 1. The molecule has 0 saturated carbocycles. The Morgan fingerprint density at radius 3 is 2.41 bits per heavy atom. The number of hydrogen-bond donors (Lipinski definition) is 1. The van der Waals surface area contributed by atoms with Gasteiger partial charge in [0.2, 0.25) is 0 Å². The van der Waals surface area contributed by atoms with Crippen LogP contribution in [-0.4, -0.2) is 25.2 Å². The minimum absolute atomic E-state index is 0.463. The third-order valence-electron chi connectivity index (χ3n) is 3.60. The minimum Gasteiger partial charge on any atom is -0.380 e. The van der Waals surface area contributed by atoms with Gasteiger partial charge in [-0.05, 0) is 53.0 Å². The number of allylic oxidation sites excluding steroid dienone is 1. The molecule has 2 rings (SSSR count). The minimum atomic E-state index is 0.463. The molecule has 0 aliphatic heterocycles. The lowest BCUT2D eigenvalue weighted by Gasteiger charge is -2.15. The molecule has 0 amide bonds. The van der Waals surface area contributed by atoms with Crippen LogP contribution in [0.5, 0.6) is 0 Å². The van der Waals surface area contributed by atoms with Crippen LogP contribution in [-0.2, 0) is 4.74 Å². The summed E-state index contributed by atoms with van der Waals surface area (Å²) >= 11 is 0. The Balaban J connectivity index is 2.47. The van der Waals surface area contributed by atoms with Gasteiger partial charge in [-0.3, -0.25) is 4.98 Å². The zero-order valence-electron chi connectivity index (χ0n) is 13.1. The lowest BCUT2D eigenvalue weighted by Crippen LogP contribution is -2.10. The van der Waals surface area contributed by atoms with E-state index in [4.69, 9.17) is 10.5 Å². The highest BCUT2D eigenvalue weighted by atomic mass is 16.5. The lowest BCUT2D eigenvalue weighted by molar-refractivity contribution is 0.227. The Labute approximate surface area is 132 Å². The second-order valence-corrected chi connectivity index (χ2v) is 5.06. The highest BCUT2D eigenvalue weighted by molar-refractivity contribution is 5.74. The molecule has 0 aliphatic rings. The van der Waals surface area contributed by atoms with Gasteiger partial charge in [0.05, 0.1) is 6.61 Å². The number of ether oxygens (including phenoxy) is 1. The van der Waals surface area contributed by atoms with Crippen LogP contribution in [0.2, 0.25) is 0 Å². The fraction of sp³-hybridized carbons (Fsp3) is 0.211. The molecule has 1 heterocycles. The Morgan fingerprint density at radius 2 is 1.82 bits per heavy atom. The molecule has 114 valence electrons. The van der Waals surface area contributed by atoms with Crippen molar-refractivity contribution in [3.05, 3.63) is 77.1 Å². The predicted molar refractivity (Wildman–Crippen MR) is 92.2 cm³/mol. The summed E-state index contributed by atoms with van der Waals surface area (Å²) in [6.07, 6.45) is 5.66. The SMILES string of the molecule is COCC(=C(/C)c1ccccc1)/C(=C\c1ccncc1)CN. The fourth-order valence-corrected chi connectivity index (χ4v) is 2.38. The van der Waals surface area contributed by atoms with Gasteiger partial charge in [0.25, 0.3) is 0 Å². The van der Waals surface area contributed by atoms with Crippen LogP contribution < -0.4 is 5.73 Å². The Bertz CT molecular complexity index is 646. The van der Waals surface area contributed by atoms with Crippen molar-refractivity contribution in [2.75, 3.05) is 20.3 Å². The summed E-state index contributed by atoms with van der Waals surface area (Å²) in [6.45, 7) is 3.11. The van der Waals surface area contributed by atoms with Gasteiger partial charge in [-0.2, -0.15) is 0 Å². The molecule has 1 aromatic carbocycles. The van der Waals surface area contributed by atoms with Gasteiger partial charge in [0, 0.05) is 26.0 Å². The van der Waals surface area contributed by atoms with E-state index in [-0.39, 0.29) is 0 Å². The highest BCUT2D eigenvalue weighted by Crippen LogP contribution is 2.24. The molecule has 0 unspecified atom stereocenters. The summed E-state index contributed by atoms with van der Waals surface area (Å²) in [4.78, 5) is 4.05. The largest absolute Gasteiger partial charge is 0.380 e. The van der Waals surface area contributed by atoms with Crippen LogP contribution in [0.3, 0.4) is 0 Å². The van der Waals surface area contributed by atoms with E-state index in [0.717, 1.165) is 16.7 Å². The number of pyridine rings is 1. The quantitative estimate of drug-likeness (QED) is 0.829. The van der Waals surface area contributed by atoms with Crippen LogP contribution in [0.4, 0.5) is 0 Å². The van der Waals surface area contributed by atoms with Crippen molar-refractivity contribution in [3.63, 3.8) is 0 Å². The molecule has 2 N–H and O–H groups in total. The predicted octanol–water partition coefficient (Wildman–Crippen LogP) is 3.54. The maximum atomic E-state index is 5.99. The summed E-state index contributed by atoms with van der Waals surface area (Å²) in [5.74, 6) is 0. The van der Waals surface area contributed by atoms with Crippen LogP contribution >= 0.6 is 0 Å². The molecular formula is C19H22N2O. The number of nitrogens with two attached hydrogens (primary N) is 1. The van der Waals surface area contributed by atoms with Crippen molar-refractivity contribution in [1.29, 1.82) is 0 Å². The number of methoxy groups -OCH3 is 1. The summed E-state index contributed by atoms with van der Waals surface area (Å²) in [5.41, 5.74) is 11.7. The average molecular weight is 294 g/mol. The van der Waals surface area contributed by atoms with Crippen LogP contribution in [0.25, 0.3) is 11.6 Å². The van der Waals surface area contributed by atoms with Crippen molar-refractivity contribution in [2.24, 2.45) is 5.73 Å². The summed E-state index contributed by atoms with van der Waals surface area (Å²) in [6, 6.07) is 14.2. The topological polar surface area (TPSA) is 48.1 Å². The molecule has 0 saturated heterocycles. The first-order valence-corrected chi connectivity index (χ1v) is 7.31. The van der Waals surface area contributed by atoms with Gasteiger partial charge in [-0.15, -0.1) is 0 Å². The number of rotatable bonds is 6. The Hall–Kier alpha value is -2.23. The van der Waals surface area contributed by atoms with Crippen LogP contribution in [0.1, 0.15) is 18.1 Å². The van der Waals surface area contributed by atoms with Crippen molar-refractivity contribution >= 4 is 11.6 Å². The second-order valence-electron chi connectivity index (χ2n) is 5.06. The van der Waals surface area contributed by atoms with E-state index in [2.05, 4.69) is 30.1 Å². The third-order valence-corrected chi connectivity index (χ3v) is 3.60. The molecule has 2 aromatic rings. The van der Waals surface area contributed by atoms with E-state index in [0.29, 0.717) is 13.2 Å². The van der Waals surface area contributed by atoms with Crippen molar-refractivity contribution in [1.82, 2.24) is 4.98 Å². The first-order chi connectivity index (χ1) is 10.8. The second kappa shape index (κ2) is 8.27. The van der Waals surface area contributed by atoms with E-state index in [1.54, 1.807) is 19.5 Å². The van der Waals surface area contributed by atoms with Crippen molar-refractivity contribution in [2.45, 2.75) is 6.92 Å².